The molecule has 0 aliphatic rings. The number of esters is 1. The van der Waals surface area contributed by atoms with Crippen LogP contribution < -0.4 is 9.47 Å². The third-order valence-corrected chi connectivity index (χ3v) is 4.06. The molecule has 4 rings (SSSR count). The number of ether oxygens (including phenoxy) is 2. The Morgan fingerprint density at radius 2 is 1.83 bits per heavy atom. The fourth-order valence-corrected chi connectivity index (χ4v) is 2.63. The second-order valence-corrected chi connectivity index (χ2v) is 6.05. The predicted molar refractivity (Wildman–Crippen MR) is 101 cm³/mol. The summed E-state index contributed by atoms with van der Waals surface area (Å²) in [6.45, 7) is 0.194. The molecule has 0 saturated heterocycles. The summed E-state index contributed by atoms with van der Waals surface area (Å²) in [7, 11) is 0. The van der Waals surface area contributed by atoms with Crippen molar-refractivity contribution in [3.05, 3.63) is 96.1 Å². The van der Waals surface area contributed by atoms with Gasteiger partial charge in [-0.15, -0.1) is 5.10 Å². The Morgan fingerprint density at radius 3 is 2.62 bits per heavy atom. The van der Waals surface area contributed by atoms with E-state index in [1.165, 1.54) is 23.1 Å². The minimum absolute atomic E-state index is 0.194. The van der Waals surface area contributed by atoms with Gasteiger partial charge in [0.2, 0.25) is 0 Å². The van der Waals surface area contributed by atoms with E-state index in [-0.39, 0.29) is 18.0 Å². The molecule has 0 aliphatic carbocycles. The molecule has 0 N–H and O–H groups in total. The second kappa shape index (κ2) is 8.30. The molecule has 144 valence electrons. The number of nitrogens with zero attached hydrogens (tertiary/aromatic N) is 4. The van der Waals surface area contributed by atoms with Crippen LogP contribution in [0.5, 0.6) is 11.5 Å². The first-order valence-electron chi connectivity index (χ1n) is 8.71. The van der Waals surface area contributed by atoms with E-state index in [4.69, 9.17) is 9.47 Å². The molecule has 0 unspecified atom stereocenters. The monoisotopic (exact) mass is 390 g/mol. The van der Waals surface area contributed by atoms with Gasteiger partial charge in [-0.2, -0.15) is 0 Å². The summed E-state index contributed by atoms with van der Waals surface area (Å²) in [6.07, 6.45) is 1.44. The molecule has 0 amide bonds. The standard InChI is InChI=1S/C21H15FN4O3/c22-16-10-8-15(9-11-16)13-28-20-7-2-1-6-19(20)21(27)29-18-5-3-4-17(12-18)26-14-23-24-25-26/h1-12,14H,13H2. The molecule has 1 heterocycles. The van der Waals surface area contributed by atoms with E-state index in [1.807, 2.05) is 0 Å². The summed E-state index contributed by atoms with van der Waals surface area (Å²) < 4.78 is 25.7. The Bertz CT molecular complexity index is 1120. The van der Waals surface area contributed by atoms with Crippen LogP contribution in [-0.2, 0) is 6.61 Å². The number of para-hydroxylation sites is 1. The number of hydrogen-bond acceptors (Lipinski definition) is 6. The van der Waals surface area contributed by atoms with Crippen molar-refractivity contribution in [2.75, 3.05) is 0 Å². The third-order valence-electron chi connectivity index (χ3n) is 4.06. The number of rotatable bonds is 6. The van der Waals surface area contributed by atoms with Gasteiger partial charge in [0.05, 0.1) is 5.69 Å². The third kappa shape index (κ3) is 4.44. The number of tetrazole rings is 1. The lowest BCUT2D eigenvalue weighted by Crippen LogP contribution is -2.11. The maximum absolute atomic E-state index is 13.0. The minimum atomic E-state index is -0.562. The molecule has 8 heteroatoms. The molecule has 0 radical (unpaired) electrons. The van der Waals surface area contributed by atoms with Crippen LogP contribution in [0.3, 0.4) is 0 Å². The molecule has 0 saturated carbocycles. The molecule has 0 atom stereocenters. The van der Waals surface area contributed by atoms with E-state index < -0.39 is 5.97 Å². The summed E-state index contributed by atoms with van der Waals surface area (Å²) in [6, 6.07) is 19.6. The maximum Gasteiger partial charge on any atom is 0.347 e. The average molecular weight is 390 g/mol. The van der Waals surface area contributed by atoms with Gasteiger partial charge in [0.25, 0.3) is 0 Å². The summed E-state index contributed by atoms with van der Waals surface area (Å²) in [5.41, 5.74) is 1.72. The van der Waals surface area contributed by atoms with E-state index in [1.54, 1.807) is 60.7 Å². The van der Waals surface area contributed by atoms with Crippen molar-refractivity contribution in [1.82, 2.24) is 20.2 Å². The van der Waals surface area contributed by atoms with Gasteiger partial charge in [0, 0.05) is 6.07 Å². The van der Waals surface area contributed by atoms with Crippen molar-refractivity contribution in [3.63, 3.8) is 0 Å². The molecule has 0 fully saturated rings. The van der Waals surface area contributed by atoms with Crippen molar-refractivity contribution in [3.8, 4) is 17.2 Å². The molecular weight excluding hydrogens is 375 g/mol. The zero-order valence-corrected chi connectivity index (χ0v) is 15.1. The summed E-state index contributed by atoms with van der Waals surface area (Å²) >= 11 is 0. The first-order valence-corrected chi connectivity index (χ1v) is 8.71. The zero-order valence-electron chi connectivity index (χ0n) is 15.1. The largest absolute Gasteiger partial charge is 0.488 e. The quantitative estimate of drug-likeness (QED) is 0.370. The zero-order chi connectivity index (χ0) is 20.1. The first-order chi connectivity index (χ1) is 14.2. The number of aromatic nitrogens is 4. The Hall–Kier alpha value is -4.07. The SMILES string of the molecule is O=C(Oc1cccc(-n2cnnn2)c1)c1ccccc1OCc1ccc(F)cc1. The van der Waals surface area contributed by atoms with Crippen LogP contribution in [0.1, 0.15) is 15.9 Å². The molecule has 1 aromatic heterocycles. The molecular formula is C21H15FN4O3. The van der Waals surface area contributed by atoms with Gasteiger partial charge in [-0.25, -0.2) is 13.9 Å². The highest BCUT2D eigenvalue weighted by Gasteiger charge is 2.15. The Kier molecular flexibility index (Phi) is 5.24. The first kappa shape index (κ1) is 18.3. The number of carbonyl (C=O) groups is 1. The van der Waals surface area contributed by atoms with Gasteiger partial charge in [-0.1, -0.05) is 30.3 Å². The summed E-state index contributed by atoms with van der Waals surface area (Å²) in [5.74, 6) is -0.162. The van der Waals surface area contributed by atoms with Crippen LogP contribution in [0.15, 0.2) is 79.1 Å². The highest BCUT2D eigenvalue weighted by molar-refractivity contribution is 5.94. The summed E-state index contributed by atoms with van der Waals surface area (Å²) in [5, 5.41) is 11.0. The van der Waals surface area contributed by atoms with Crippen LogP contribution in [0.2, 0.25) is 0 Å². The lowest BCUT2D eigenvalue weighted by molar-refractivity contribution is 0.0729. The van der Waals surface area contributed by atoms with Gasteiger partial charge in [0.1, 0.15) is 35.8 Å². The predicted octanol–water partition coefficient (Wildman–Crippen LogP) is 3.60. The maximum atomic E-state index is 13.0. The van der Waals surface area contributed by atoms with E-state index in [0.717, 1.165) is 5.56 Å². The topological polar surface area (TPSA) is 79.1 Å². The van der Waals surface area contributed by atoms with E-state index >= 15 is 0 Å². The lowest BCUT2D eigenvalue weighted by Gasteiger charge is -2.11. The number of carbonyl (C=O) groups excluding carboxylic acids is 1. The van der Waals surface area contributed by atoms with Crippen molar-refractivity contribution in [2.45, 2.75) is 6.61 Å². The fraction of sp³-hybridized carbons (Fsp3) is 0.0476. The lowest BCUT2D eigenvalue weighted by atomic mass is 10.2. The van der Waals surface area contributed by atoms with Crippen molar-refractivity contribution >= 4 is 5.97 Å². The molecule has 3 aromatic carbocycles. The van der Waals surface area contributed by atoms with Crippen LogP contribution in [-0.4, -0.2) is 26.2 Å². The van der Waals surface area contributed by atoms with E-state index in [0.29, 0.717) is 17.2 Å². The molecule has 4 aromatic rings. The molecule has 0 bridgehead atoms. The fourth-order valence-electron chi connectivity index (χ4n) is 2.63. The van der Waals surface area contributed by atoms with E-state index in [9.17, 15) is 9.18 Å². The van der Waals surface area contributed by atoms with Gasteiger partial charge >= 0.3 is 5.97 Å². The van der Waals surface area contributed by atoms with Crippen molar-refractivity contribution in [1.29, 1.82) is 0 Å². The van der Waals surface area contributed by atoms with Gasteiger partial charge in [-0.3, -0.25) is 0 Å². The van der Waals surface area contributed by atoms with Crippen LogP contribution in [0, 0.1) is 5.82 Å². The van der Waals surface area contributed by atoms with Gasteiger partial charge < -0.3 is 9.47 Å². The van der Waals surface area contributed by atoms with Crippen LogP contribution >= 0.6 is 0 Å². The van der Waals surface area contributed by atoms with Crippen molar-refractivity contribution in [2.24, 2.45) is 0 Å². The van der Waals surface area contributed by atoms with Gasteiger partial charge in [-0.05, 0) is 52.4 Å². The normalized spacial score (nSPS) is 10.5. The highest BCUT2D eigenvalue weighted by Crippen LogP contribution is 2.23. The van der Waals surface area contributed by atoms with Gasteiger partial charge in [0.15, 0.2) is 0 Å². The molecule has 0 aliphatic heterocycles. The number of halogens is 1. The van der Waals surface area contributed by atoms with Crippen LogP contribution in [0.25, 0.3) is 5.69 Å². The Balaban J connectivity index is 1.49. The smallest absolute Gasteiger partial charge is 0.347 e. The number of hydrogen-bond donors (Lipinski definition) is 0. The average Bonchev–Trinajstić information content (AvgIpc) is 3.29. The molecule has 29 heavy (non-hydrogen) atoms. The second-order valence-electron chi connectivity index (χ2n) is 6.05. The van der Waals surface area contributed by atoms with Crippen molar-refractivity contribution < 1.29 is 18.7 Å². The summed E-state index contributed by atoms with van der Waals surface area (Å²) in [4.78, 5) is 12.7. The molecule has 0 spiro atoms. The molecule has 7 nitrogen and oxygen atoms in total. The Labute approximate surface area is 165 Å². The van der Waals surface area contributed by atoms with E-state index in [2.05, 4.69) is 15.5 Å². The highest BCUT2D eigenvalue weighted by atomic mass is 19.1. The number of benzene rings is 3. The minimum Gasteiger partial charge on any atom is -0.488 e. The Morgan fingerprint density at radius 1 is 1.00 bits per heavy atom. The van der Waals surface area contributed by atoms with Crippen LogP contribution in [0.4, 0.5) is 4.39 Å².